The molecular formula is C14H18Br2O. The fourth-order valence-corrected chi connectivity index (χ4v) is 2.25. The molecule has 0 N–H and O–H groups in total. The molecule has 0 radical (unpaired) electrons. The van der Waals surface area contributed by atoms with Crippen molar-refractivity contribution in [2.75, 3.05) is 0 Å². The highest BCUT2D eigenvalue weighted by Gasteiger charge is 2.12. The molecule has 0 aliphatic rings. The Balaban J connectivity index is 2.47. The number of carbonyl (C=O) groups excluding carboxylic acids is 1. The lowest BCUT2D eigenvalue weighted by Gasteiger charge is -2.04. The molecule has 94 valence electrons. The summed E-state index contributed by atoms with van der Waals surface area (Å²) in [5.74, 6) is 0.0718. The molecule has 0 fully saturated rings. The molecule has 0 amide bonds. The second-order valence-electron chi connectivity index (χ2n) is 4.17. The SMILES string of the molecule is CCCCCCc1ccc(C(=O)C(Br)Br)cc1. The predicted molar refractivity (Wildman–Crippen MR) is 80.3 cm³/mol. The standard InChI is InChI=1S/C14H18Br2O/c1-2-3-4-5-6-11-7-9-12(10-8-11)13(17)14(15)16/h7-10,14H,2-6H2,1H3. The molecule has 1 aromatic carbocycles. The smallest absolute Gasteiger partial charge is 0.187 e. The van der Waals surface area contributed by atoms with Crippen LogP contribution in [0.15, 0.2) is 24.3 Å². The van der Waals surface area contributed by atoms with E-state index in [4.69, 9.17) is 0 Å². The third-order valence-corrected chi connectivity index (χ3v) is 3.59. The first-order valence-electron chi connectivity index (χ1n) is 6.06. The average molecular weight is 362 g/mol. The van der Waals surface area contributed by atoms with Crippen LogP contribution in [-0.2, 0) is 6.42 Å². The monoisotopic (exact) mass is 360 g/mol. The van der Waals surface area contributed by atoms with Crippen molar-refractivity contribution >= 4 is 37.6 Å². The molecule has 0 aromatic heterocycles. The van der Waals surface area contributed by atoms with Crippen LogP contribution in [0.2, 0.25) is 0 Å². The normalized spacial score (nSPS) is 10.8. The zero-order valence-electron chi connectivity index (χ0n) is 10.1. The van der Waals surface area contributed by atoms with E-state index in [2.05, 4.69) is 50.9 Å². The van der Waals surface area contributed by atoms with Crippen molar-refractivity contribution in [3.05, 3.63) is 35.4 Å². The van der Waals surface area contributed by atoms with E-state index in [1.807, 2.05) is 12.1 Å². The lowest BCUT2D eigenvalue weighted by atomic mass is 10.0. The summed E-state index contributed by atoms with van der Waals surface area (Å²) in [5, 5.41) is 0. The summed E-state index contributed by atoms with van der Waals surface area (Å²) >= 11 is 6.44. The second-order valence-corrected chi connectivity index (χ2v) is 7.23. The van der Waals surface area contributed by atoms with E-state index < -0.39 is 0 Å². The van der Waals surface area contributed by atoms with Gasteiger partial charge in [-0.2, -0.15) is 0 Å². The van der Waals surface area contributed by atoms with Crippen molar-refractivity contribution < 1.29 is 4.79 Å². The van der Waals surface area contributed by atoms with Crippen LogP contribution in [0, 0.1) is 0 Å². The van der Waals surface area contributed by atoms with E-state index in [0.717, 1.165) is 12.0 Å². The number of aryl methyl sites for hydroxylation is 1. The molecule has 17 heavy (non-hydrogen) atoms. The van der Waals surface area contributed by atoms with Gasteiger partial charge in [0.25, 0.3) is 0 Å². The highest BCUT2D eigenvalue weighted by atomic mass is 79.9. The number of rotatable bonds is 7. The minimum absolute atomic E-state index is 0.0718. The van der Waals surface area contributed by atoms with E-state index >= 15 is 0 Å². The molecular weight excluding hydrogens is 344 g/mol. The Labute approximate surface area is 120 Å². The molecule has 3 heteroatoms. The van der Waals surface area contributed by atoms with Crippen LogP contribution < -0.4 is 0 Å². The van der Waals surface area contributed by atoms with Gasteiger partial charge in [0.1, 0.15) is 3.74 Å². The first-order chi connectivity index (χ1) is 8.15. The molecule has 1 rings (SSSR count). The largest absolute Gasteiger partial charge is 0.292 e. The summed E-state index contributed by atoms with van der Waals surface area (Å²) in [6, 6.07) is 7.93. The van der Waals surface area contributed by atoms with Crippen LogP contribution in [0.4, 0.5) is 0 Å². The number of Topliss-reactive ketones (excluding diaryl/α,β-unsaturated/α-hetero) is 1. The molecule has 0 aliphatic carbocycles. The minimum atomic E-state index is -0.287. The Kier molecular flexibility index (Phi) is 7.05. The molecule has 1 nitrogen and oxygen atoms in total. The van der Waals surface area contributed by atoms with Gasteiger partial charge in [-0.25, -0.2) is 0 Å². The van der Waals surface area contributed by atoms with Crippen LogP contribution in [0.25, 0.3) is 0 Å². The minimum Gasteiger partial charge on any atom is -0.292 e. The summed E-state index contributed by atoms with van der Waals surface area (Å²) in [7, 11) is 0. The molecule has 0 aliphatic heterocycles. The van der Waals surface area contributed by atoms with Gasteiger partial charge in [0.05, 0.1) is 0 Å². The van der Waals surface area contributed by atoms with Crippen molar-refractivity contribution in [3.63, 3.8) is 0 Å². The van der Waals surface area contributed by atoms with Gasteiger partial charge in [0.2, 0.25) is 0 Å². The maximum atomic E-state index is 11.7. The van der Waals surface area contributed by atoms with Crippen LogP contribution in [0.3, 0.4) is 0 Å². The molecule has 1 aromatic rings. The van der Waals surface area contributed by atoms with E-state index in [1.165, 1.54) is 31.2 Å². The molecule has 0 atom stereocenters. The maximum Gasteiger partial charge on any atom is 0.187 e. The van der Waals surface area contributed by atoms with Crippen LogP contribution in [0.5, 0.6) is 0 Å². The van der Waals surface area contributed by atoms with Crippen molar-refractivity contribution in [3.8, 4) is 0 Å². The van der Waals surface area contributed by atoms with Gasteiger partial charge in [-0.15, -0.1) is 0 Å². The fraction of sp³-hybridized carbons (Fsp3) is 0.500. The Morgan fingerprint density at radius 3 is 2.29 bits per heavy atom. The summed E-state index contributed by atoms with van der Waals surface area (Å²) in [6.07, 6.45) is 6.22. The highest BCUT2D eigenvalue weighted by molar-refractivity contribution is 9.25. The number of carbonyl (C=O) groups is 1. The van der Waals surface area contributed by atoms with Crippen LogP contribution >= 0.6 is 31.9 Å². The molecule has 0 unspecified atom stereocenters. The Morgan fingerprint density at radius 1 is 1.12 bits per heavy atom. The number of hydrogen-bond acceptors (Lipinski definition) is 1. The predicted octanol–water partition coefficient (Wildman–Crippen LogP) is 5.11. The number of ketones is 1. The van der Waals surface area contributed by atoms with Crippen molar-refractivity contribution in [1.82, 2.24) is 0 Å². The summed E-state index contributed by atoms with van der Waals surface area (Å²) in [4.78, 5) is 11.7. The third kappa shape index (κ3) is 5.35. The van der Waals surface area contributed by atoms with Gasteiger partial charge >= 0.3 is 0 Å². The van der Waals surface area contributed by atoms with Gasteiger partial charge < -0.3 is 0 Å². The topological polar surface area (TPSA) is 17.1 Å². The Hall–Kier alpha value is -0.150. The van der Waals surface area contributed by atoms with Gasteiger partial charge in [-0.3, -0.25) is 4.79 Å². The van der Waals surface area contributed by atoms with Gasteiger partial charge in [-0.05, 0) is 18.4 Å². The first kappa shape index (κ1) is 14.9. The number of benzene rings is 1. The Morgan fingerprint density at radius 2 is 1.76 bits per heavy atom. The van der Waals surface area contributed by atoms with Crippen molar-refractivity contribution in [1.29, 1.82) is 0 Å². The molecule has 0 saturated heterocycles. The zero-order chi connectivity index (χ0) is 12.7. The number of halogens is 2. The molecule has 0 spiro atoms. The van der Waals surface area contributed by atoms with E-state index in [-0.39, 0.29) is 9.52 Å². The quantitative estimate of drug-likeness (QED) is 0.374. The second kappa shape index (κ2) is 8.04. The van der Waals surface area contributed by atoms with E-state index in [1.54, 1.807) is 0 Å². The van der Waals surface area contributed by atoms with Crippen molar-refractivity contribution in [2.45, 2.75) is 42.8 Å². The first-order valence-corrected chi connectivity index (χ1v) is 7.89. The van der Waals surface area contributed by atoms with Crippen LogP contribution in [-0.4, -0.2) is 9.52 Å². The van der Waals surface area contributed by atoms with Crippen molar-refractivity contribution in [2.24, 2.45) is 0 Å². The summed E-state index contributed by atoms with van der Waals surface area (Å²) in [5.41, 5.74) is 2.07. The lowest BCUT2D eigenvalue weighted by molar-refractivity contribution is 0.101. The number of hydrogen-bond donors (Lipinski definition) is 0. The highest BCUT2D eigenvalue weighted by Crippen LogP contribution is 2.17. The summed E-state index contributed by atoms with van der Waals surface area (Å²) in [6.45, 7) is 2.22. The number of unbranched alkanes of at least 4 members (excludes halogenated alkanes) is 3. The third-order valence-electron chi connectivity index (χ3n) is 2.76. The Bertz CT molecular complexity index is 344. The number of alkyl halides is 2. The lowest BCUT2D eigenvalue weighted by Crippen LogP contribution is -2.06. The van der Waals surface area contributed by atoms with E-state index in [9.17, 15) is 4.79 Å². The van der Waals surface area contributed by atoms with Gasteiger partial charge in [-0.1, -0.05) is 82.3 Å². The van der Waals surface area contributed by atoms with Crippen LogP contribution in [0.1, 0.15) is 48.5 Å². The molecule has 0 heterocycles. The van der Waals surface area contributed by atoms with Gasteiger partial charge in [0, 0.05) is 5.56 Å². The average Bonchev–Trinajstić information content (AvgIpc) is 2.34. The molecule has 0 bridgehead atoms. The fourth-order valence-electron chi connectivity index (χ4n) is 1.72. The van der Waals surface area contributed by atoms with E-state index in [0.29, 0.717) is 0 Å². The van der Waals surface area contributed by atoms with Gasteiger partial charge in [0.15, 0.2) is 5.78 Å². The summed E-state index contributed by atoms with van der Waals surface area (Å²) < 4.78 is -0.287. The maximum absolute atomic E-state index is 11.7. The molecule has 0 saturated carbocycles. The zero-order valence-corrected chi connectivity index (χ0v) is 13.3.